The SMILES string of the molecule is CC(=O)N[C@H](CC(=O)N1CCC[C@@H](n2cccn2)C1)c1ccccc1. The number of carbonyl (C=O) groups excluding carboxylic acids is 2. The van der Waals surface area contributed by atoms with Gasteiger partial charge in [0.05, 0.1) is 18.5 Å². The predicted octanol–water partition coefficient (Wildman–Crippen LogP) is 2.31. The largest absolute Gasteiger partial charge is 0.349 e. The van der Waals surface area contributed by atoms with Crippen molar-refractivity contribution in [3.8, 4) is 0 Å². The fourth-order valence-corrected chi connectivity index (χ4v) is 3.38. The summed E-state index contributed by atoms with van der Waals surface area (Å²) in [5.41, 5.74) is 0.951. The molecule has 1 aromatic carbocycles. The highest BCUT2D eigenvalue weighted by atomic mass is 16.2. The van der Waals surface area contributed by atoms with Crippen LogP contribution in [0.1, 0.15) is 43.8 Å². The van der Waals surface area contributed by atoms with Gasteiger partial charge in [0, 0.05) is 32.4 Å². The molecular weight excluding hydrogens is 316 g/mol. The second-order valence-corrected chi connectivity index (χ2v) is 6.49. The van der Waals surface area contributed by atoms with Crippen LogP contribution in [0.5, 0.6) is 0 Å². The van der Waals surface area contributed by atoms with Gasteiger partial charge in [0.15, 0.2) is 0 Å². The Hall–Kier alpha value is -2.63. The molecule has 0 unspecified atom stereocenters. The summed E-state index contributed by atoms with van der Waals surface area (Å²) < 4.78 is 1.93. The van der Waals surface area contributed by atoms with Gasteiger partial charge in [-0.3, -0.25) is 14.3 Å². The van der Waals surface area contributed by atoms with Gasteiger partial charge in [0.2, 0.25) is 11.8 Å². The molecule has 0 radical (unpaired) electrons. The van der Waals surface area contributed by atoms with Crippen LogP contribution in [0.4, 0.5) is 0 Å². The van der Waals surface area contributed by atoms with Gasteiger partial charge in [0.1, 0.15) is 0 Å². The van der Waals surface area contributed by atoms with Crippen molar-refractivity contribution in [1.82, 2.24) is 20.0 Å². The Bertz CT molecular complexity index is 699. The number of piperidine rings is 1. The maximum atomic E-state index is 12.8. The van der Waals surface area contributed by atoms with E-state index in [1.54, 1.807) is 6.20 Å². The first-order valence-electron chi connectivity index (χ1n) is 8.72. The lowest BCUT2D eigenvalue weighted by Crippen LogP contribution is -2.42. The highest BCUT2D eigenvalue weighted by Gasteiger charge is 2.27. The van der Waals surface area contributed by atoms with Crippen molar-refractivity contribution in [1.29, 1.82) is 0 Å². The molecular formula is C19H24N4O2. The van der Waals surface area contributed by atoms with Gasteiger partial charge >= 0.3 is 0 Å². The molecule has 1 aliphatic rings. The Morgan fingerprint density at radius 3 is 2.76 bits per heavy atom. The molecule has 6 heteroatoms. The number of hydrogen-bond acceptors (Lipinski definition) is 3. The van der Waals surface area contributed by atoms with Crippen LogP contribution in [0.3, 0.4) is 0 Å². The lowest BCUT2D eigenvalue weighted by molar-refractivity contribution is -0.133. The van der Waals surface area contributed by atoms with Crippen LogP contribution in [-0.4, -0.2) is 39.6 Å². The molecule has 25 heavy (non-hydrogen) atoms. The molecule has 132 valence electrons. The Morgan fingerprint density at radius 2 is 2.08 bits per heavy atom. The van der Waals surface area contributed by atoms with Crippen molar-refractivity contribution < 1.29 is 9.59 Å². The van der Waals surface area contributed by atoms with E-state index in [2.05, 4.69) is 10.4 Å². The minimum Gasteiger partial charge on any atom is -0.349 e. The van der Waals surface area contributed by atoms with Crippen LogP contribution in [0.25, 0.3) is 0 Å². The fraction of sp³-hybridized carbons (Fsp3) is 0.421. The highest BCUT2D eigenvalue weighted by molar-refractivity contribution is 5.79. The quantitative estimate of drug-likeness (QED) is 0.908. The van der Waals surface area contributed by atoms with Crippen molar-refractivity contribution in [3.05, 3.63) is 54.4 Å². The molecule has 6 nitrogen and oxygen atoms in total. The molecule has 0 aliphatic carbocycles. The monoisotopic (exact) mass is 340 g/mol. The van der Waals surface area contributed by atoms with Crippen LogP contribution in [0, 0.1) is 0 Å². The zero-order chi connectivity index (χ0) is 17.6. The summed E-state index contributed by atoms with van der Waals surface area (Å²) in [5, 5.41) is 7.20. The highest BCUT2D eigenvalue weighted by Crippen LogP contribution is 2.24. The van der Waals surface area contributed by atoms with E-state index in [-0.39, 0.29) is 30.3 Å². The molecule has 2 amide bonds. The molecule has 1 saturated heterocycles. The third-order valence-corrected chi connectivity index (χ3v) is 4.61. The summed E-state index contributed by atoms with van der Waals surface area (Å²) in [6.45, 7) is 2.91. The average Bonchev–Trinajstić information content (AvgIpc) is 3.16. The topological polar surface area (TPSA) is 67.2 Å². The number of hydrogen-bond donors (Lipinski definition) is 1. The number of aromatic nitrogens is 2. The summed E-state index contributed by atoms with van der Waals surface area (Å²) in [7, 11) is 0. The van der Waals surface area contributed by atoms with Crippen LogP contribution in [-0.2, 0) is 9.59 Å². The molecule has 1 aromatic heterocycles. The van der Waals surface area contributed by atoms with Crippen molar-refractivity contribution in [2.45, 2.75) is 38.3 Å². The van der Waals surface area contributed by atoms with E-state index in [1.807, 2.05) is 52.2 Å². The molecule has 2 heterocycles. The zero-order valence-corrected chi connectivity index (χ0v) is 14.5. The van der Waals surface area contributed by atoms with Crippen LogP contribution >= 0.6 is 0 Å². The Kier molecular flexibility index (Phi) is 5.48. The van der Waals surface area contributed by atoms with E-state index in [0.717, 1.165) is 24.9 Å². The molecule has 0 spiro atoms. The standard InChI is InChI=1S/C19H24N4O2/c1-15(24)21-18(16-7-3-2-4-8-16)13-19(25)22-11-5-9-17(14-22)23-12-6-10-20-23/h2-4,6-8,10,12,17-18H,5,9,11,13-14H2,1H3,(H,21,24)/t17-,18-/m1/s1. The number of carbonyl (C=O) groups is 2. The first-order valence-corrected chi connectivity index (χ1v) is 8.72. The zero-order valence-electron chi connectivity index (χ0n) is 14.5. The second-order valence-electron chi connectivity index (χ2n) is 6.49. The summed E-state index contributed by atoms with van der Waals surface area (Å²) in [5.74, 6) is -0.0609. The first kappa shape index (κ1) is 17.2. The third kappa shape index (κ3) is 4.47. The number of amides is 2. The lowest BCUT2D eigenvalue weighted by atomic mass is 10.0. The Morgan fingerprint density at radius 1 is 1.28 bits per heavy atom. The molecule has 2 aromatic rings. The number of likely N-dealkylation sites (tertiary alicyclic amines) is 1. The Balaban J connectivity index is 1.67. The smallest absolute Gasteiger partial charge is 0.225 e. The van der Waals surface area contributed by atoms with Crippen molar-refractivity contribution in [2.75, 3.05) is 13.1 Å². The molecule has 1 aliphatic heterocycles. The predicted molar refractivity (Wildman–Crippen MR) is 94.7 cm³/mol. The lowest BCUT2D eigenvalue weighted by Gasteiger charge is -2.34. The Labute approximate surface area is 147 Å². The molecule has 1 N–H and O–H groups in total. The summed E-state index contributed by atoms with van der Waals surface area (Å²) in [6, 6.07) is 11.5. The van der Waals surface area contributed by atoms with Crippen molar-refractivity contribution in [2.24, 2.45) is 0 Å². The molecule has 1 fully saturated rings. The molecule has 2 atom stereocenters. The summed E-state index contributed by atoms with van der Waals surface area (Å²) >= 11 is 0. The van der Waals surface area contributed by atoms with Crippen LogP contribution < -0.4 is 5.32 Å². The number of rotatable bonds is 5. The average molecular weight is 340 g/mol. The normalized spacial score (nSPS) is 18.6. The first-order chi connectivity index (χ1) is 12.1. The van der Waals surface area contributed by atoms with E-state index in [0.29, 0.717) is 6.54 Å². The van der Waals surface area contributed by atoms with Gasteiger partial charge in [-0.15, -0.1) is 0 Å². The summed E-state index contributed by atoms with van der Waals surface area (Å²) in [6.07, 6.45) is 5.98. The van der Waals surface area contributed by atoms with Crippen molar-refractivity contribution in [3.63, 3.8) is 0 Å². The van der Waals surface area contributed by atoms with E-state index in [1.165, 1.54) is 6.92 Å². The minimum absolute atomic E-state index is 0.0689. The fourth-order valence-electron chi connectivity index (χ4n) is 3.38. The van der Waals surface area contributed by atoms with E-state index in [9.17, 15) is 9.59 Å². The van der Waals surface area contributed by atoms with Gasteiger partial charge in [0.25, 0.3) is 0 Å². The van der Waals surface area contributed by atoms with Gasteiger partial charge in [-0.05, 0) is 24.5 Å². The number of benzene rings is 1. The van der Waals surface area contributed by atoms with Gasteiger partial charge in [-0.25, -0.2) is 0 Å². The third-order valence-electron chi connectivity index (χ3n) is 4.61. The van der Waals surface area contributed by atoms with Gasteiger partial charge < -0.3 is 10.2 Å². The molecule has 0 saturated carbocycles. The van der Waals surface area contributed by atoms with E-state index >= 15 is 0 Å². The minimum atomic E-state index is -0.295. The number of nitrogens with zero attached hydrogens (tertiary/aromatic N) is 3. The molecule has 0 bridgehead atoms. The number of nitrogens with one attached hydrogen (secondary N) is 1. The van der Waals surface area contributed by atoms with E-state index < -0.39 is 0 Å². The summed E-state index contributed by atoms with van der Waals surface area (Å²) in [4.78, 5) is 26.3. The maximum absolute atomic E-state index is 12.8. The second kappa shape index (κ2) is 7.96. The van der Waals surface area contributed by atoms with Gasteiger partial charge in [-0.2, -0.15) is 5.10 Å². The van der Waals surface area contributed by atoms with E-state index in [4.69, 9.17) is 0 Å². The molecule has 3 rings (SSSR count). The van der Waals surface area contributed by atoms with Crippen molar-refractivity contribution >= 4 is 11.8 Å². The van der Waals surface area contributed by atoms with Crippen LogP contribution in [0.15, 0.2) is 48.8 Å². The maximum Gasteiger partial charge on any atom is 0.225 e. The van der Waals surface area contributed by atoms with Gasteiger partial charge in [-0.1, -0.05) is 30.3 Å². The van der Waals surface area contributed by atoms with Crippen LogP contribution in [0.2, 0.25) is 0 Å².